The molecule has 0 spiro atoms. The minimum atomic E-state index is -0.264. The summed E-state index contributed by atoms with van der Waals surface area (Å²) in [6.07, 6.45) is 2.52. The number of para-hydroxylation sites is 1. The lowest BCUT2D eigenvalue weighted by Gasteiger charge is -2.06. The van der Waals surface area contributed by atoms with Gasteiger partial charge in [0.05, 0.1) is 16.8 Å². The van der Waals surface area contributed by atoms with Gasteiger partial charge in [-0.05, 0) is 60.7 Å². The monoisotopic (exact) mass is 401 g/mol. The van der Waals surface area contributed by atoms with Crippen molar-refractivity contribution in [2.24, 2.45) is 0 Å². The van der Waals surface area contributed by atoms with Gasteiger partial charge in [-0.1, -0.05) is 36.4 Å². The van der Waals surface area contributed by atoms with Crippen molar-refractivity contribution >= 4 is 16.8 Å². The number of nitrogens with one attached hydrogen (secondary N) is 2. The molecule has 0 aliphatic rings. The van der Waals surface area contributed by atoms with E-state index in [1.165, 1.54) is 6.07 Å². The van der Waals surface area contributed by atoms with Gasteiger partial charge in [0, 0.05) is 11.9 Å². The number of benzene rings is 3. The number of aromatic hydroxyl groups is 2. The van der Waals surface area contributed by atoms with Gasteiger partial charge in [0.25, 0.3) is 5.91 Å². The van der Waals surface area contributed by atoms with Gasteiger partial charge in [-0.25, -0.2) is 0 Å². The summed E-state index contributed by atoms with van der Waals surface area (Å²) >= 11 is 0. The van der Waals surface area contributed by atoms with Gasteiger partial charge in [-0.2, -0.15) is 5.10 Å². The summed E-state index contributed by atoms with van der Waals surface area (Å²) < 4.78 is 0. The summed E-state index contributed by atoms with van der Waals surface area (Å²) in [4.78, 5) is 12.1. The molecular formula is C24H23N3O3. The first kappa shape index (κ1) is 19.5. The van der Waals surface area contributed by atoms with Crippen LogP contribution in [0.4, 0.5) is 0 Å². The number of nitrogens with zero attached hydrogens (tertiary/aromatic N) is 1. The lowest BCUT2D eigenvalue weighted by atomic mass is 10.0. The number of phenolic OH excluding ortho intramolecular Hbond substituents is 2. The highest BCUT2D eigenvalue weighted by atomic mass is 16.3. The smallest absolute Gasteiger partial charge is 0.255 e. The molecule has 0 unspecified atom stereocenters. The zero-order chi connectivity index (χ0) is 20.9. The molecule has 6 heteroatoms. The predicted molar refractivity (Wildman–Crippen MR) is 117 cm³/mol. The number of carbonyl (C=O) groups is 1. The second-order valence-electron chi connectivity index (χ2n) is 7.21. The topological polar surface area (TPSA) is 98.2 Å². The van der Waals surface area contributed by atoms with Crippen molar-refractivity contribution in [2.45, 2.75) is 19.3 Å². The Morgan fingerprint density at radius 2 is 1.70 bits per heavy atom. The molecule has 0 aliphatic carbocycles. The SMILES string of the molecule is O=C(NCCCCc1n[nH]c2cc(-c3ccc(O)cc3)ccc12)c1ccccc1O. The first-order chi connectivity index (χ1) is 14.6. The van der Waals surface area contributed by atoms with Crippen LogP contribution >= 0.6 is 0 Å². The Morgan fingerprint density at radius 1 is 0.933 bits per heavy atom. The lowest BCUT2D eigenvalue weighted by Crippen LogP contribution is -2.24. The highest BCUT2D eigenvalue weighted by Crippen LogP contribution is 2.26. The molecule has 1 heterocycles. The fourth-order valence-corrected chi connectivity index (χ4v) is 3.48. The number of amides is 1. The van der Waals surface area contributed by atoms with Crippen LogP contribution in [-0.2, 0) is 6.42 Å². The molecule has 4 aromatic rings. The Morgan fingerprint density at radius 3 is 2.50 bits per heavy atom. The van der Waals surface area contributed by atoms with E-state index in [1.54, 1.807) is 30.3 Å². The maximum atomic E-state index is 12.1. The number of hydrogen-bond acceptors (Lipinski definition) is 4. The van der Waals surface area contributed by atoms with Crippen molar-refractivity contribution in [3.05, 3.63) is 78.0 Å². The average molecular weight is 401 g/mol. The van der Waals surface area contributed by atoms with Gasteiger partial charge in [0.2, 0.25) is 0 Å². The van der Waals surface area contributed by atoms with Crippen LogP contribution in [0.25, 0.3) is 22.0 Å². The molecule has 0 bridgehead atoms. The zero-order valence-corrected chi connectivity index (χ0v) is 16.4. The van der Waals surface area contributed by atoms with Crippen LogP contribution in [-0.4, -0.2) is 32.9 Å². The van der Waals surface area contributed by atoms with E-state index in [4.69, 9.17) is 0 Å². The third-order valence-corrected chi connectivity index (χ3v) is 5.12. The highest BCUT2D eigenvalue weighted by Gasteiger charge is 2.10. The zero-order valence-electron chi connectivity index (χ0n) is 16.4. The molecule has 6 nitrogen and oxygen atoms in total. The van der Waals surface area contributed by atoms with Crippen LogP contribution in [0.3, 0.4) is 0 Å². The predicted octanol–water partition coefficient (Wildman–Crippen LogP) is 4.39. The summed E-state index contributed by atoms with van der Waals surface area (Å²) in [6, 6.07) is 19.8. The average Bonchev–Trinajstić information content (AvgIpc) is 3.16. The van der Waals surface area contributed by atoms with Crippen LogP contribution < -0.4 is 5.32 Å². The number of aryl methyl sites for hydroxylation is 1. The third kappa shape index (κ3) is 4.27. The number of rotatable bonds is 7. The molecule has 3 aromatic carbocycles. The summed E-state index contributed by atoms with van der Waals surface area (Å²) in [6.45, 7) is 0.542. The molecule has 30 heavy (non-hydrogen) atoms. The Labute approximate surface area is 174 Å². The molecule has 1 amide bonds. The maximum absolute atomic E-state index is 12.1. The Hall–Kier alpha value is -3.80. The molecule has 0 saturated carbocycles. The number of aromatic amines is 1. The second kappa shape index (κ2) is 8.69. The number of phenols is 2. The number of fused-ring (bicyclic) bond motifs is 1. The summed E-state index contributed by atoms with van der Waals surface area (Å²) in [7, 11) is 0. The Kier molecular flexibility index (Phi) is 5.66. The third-order valence-electron chi connectivity index (χ3n) is 5.12. The standard InChI is InChI=1S/C24H23N3O3/c28-18-11-8-16(9-12-18)17-10-13-19-21(26-27-22(19)15-17)6-3-4-14-25-24(30)20-5-1-2-7-23(20)29/h1-2,5,7-13,15,28-29H,3-4,6,14H2,(H,25,30)(H,26,27). The summed E-state index contributed by atoms with van der Waals surface area (Å²) in [5.41, 5.74) is 4.37. The van der Waals surface area contributed by atoms with Gasteiger partial charge in [0.15, 0.2) is 0 Å². The van der Waals surface area contributed by atoms with E-state index < -0.39 is 0 Å². The molecule has 0 aliphatic heterocycles. The minimum absolute atomic E-state index is 0.00957. The van der Waals surface area contributed by atoms with Crippen LogP contribution in [0.1, 0.15) is 28.9 Å². The first-order valence-corrected chi connectivity index (χ1v) is 9.94. The number of hydrogen-bond donors (Lipinski definition) is 4. The Bertz CT molecular complexity index is 1170. The molecule has 4 N–H and O–H groups in total. The van der Waals surface area contributed by atoms with E-state index in [1.807, 2.05) is 12.1 Å². The number of unbranched alkanes of at least 4 members (excludes halogenated alkanes) is 1. The second-order valence-corrected chi connectivity index (χ2v) is 7.21. The number of H-pyrrole nitrogens is 1. The lowest BCUT2D eigenvalue weighted by molar-refractivity contribution is 0.0950. The maximum Gasteiger partial charge on any atom is 0.255 e. The van der Waals surface area contributed by atoms with Gasteiger partial charge in [0.1, 0.15) is 11.5 Å². The molecule has 0 atom stereocenters. The molecule has 1 aromatic heterocycles. The normalized spacial score (nSPS) is 10.9. The quantitative estimate of drug-likeness (QED) is 0.345. The van der Waals surface area contributed by atoms with Crippen LogP contribution in [0.2, 0.25) is 0 Å². The highest BCUT2D eigenvalue weighted by molar-refractivity contribution is 5.96. The minimum Gasteiger partial charge on any atom is -0.508 e. The van der Waals surface area contributed by atoms with E-state index in [2.05, 4.69) is 33.7 Å². The van der Waals surface area contributed by atoms with Crippen molar-refractivity contribution in [3.63, 3.8) is 0 Å². The van der Waals surface area contributed by atoms with Gasteiger partial charge >= 0.3 is 0 Å². The van der Waals surface area contributed by atoms with Crippen molar-refractivity contribution in [1.82, 2.24) is 15.5 Å². The van der Waals surface area contributed by atoms with Crippen LogP contribution in [0.15, 0.2) is 66.7 Å². The molecule has 4 rings (SSSR count). The van der Waals surface area contributed by atoms with Crippen molar-refractivity contribution < 1.29 is 15.0 Å². The van der Waals surface area contributed by atoms with Gasteiger partial charge in [-0.3, -0.25) is 9.89 Å². The van der Waals surface area contributed by atoms with E-state index in [9.17, 15) is 15.0 Å². The van der Waals surface area contributed by atoms with Gasteiger partial charge < -0.3 is 15.5 Å². The van der Waals surface area contributed by atoms with Crippen LogP contribution in [0, 0.1) is 0 Å². The molecule has 0 fully saturated rings. The Balaban J connectivity index is 1.32. The number of aromatic nitrogens is 2. The molecule has 0 radical (unpaired) electrons. The van der Waals surface area contributed by atoms with E-state index in [0.29, 0.717) is 12.1 Å². The summed E-state index contributed by atoms with van der Waals surface area (Å²) in [5, 5.41) is 30.7. The summed E-state index contributed by atoms with van der Waals surface area (Å²) in [5.74, 6) is -0.0230. The van der Waals surface area contributed by atoms with E-state index >= 15 is 0 Å². The van der Waals surface area contributed by atoms with Crippen molar-refractivity contribution in [2.75, 3.05) is 6.54 Å². The molecular weight excluding hydrogens is 378 g/mol. The van der Waals surface area contributed by atoms with Crippen molar-refractivity contribution in [3.8, 4) is 22.6 Å². The van der Waals surface area contributed by atoms with E-state index in [-0.39, 0.29) is 17.4 Å². The largest absolute Gasteiger partial charge is 0.508 e. The van der Waals surface area contributed by atoms with Crippen LogP contribution in [0.5, 0.6) is 11.5 Å². The fourth-order valence-electron chi connectivity index (χ4n) is 3.48. The van der Waals surface area contributed by atoms with Crippen molar-refractivity contribution in [1.29, 1.82) is 0 Å². The first-order valence-electron chi connectivity index (χ1n) is 9.94. The fraction of sp³-hybridized carbons (Fsp3) is 0.167. The molecule has 152 valence electrons. The number of carbonyl (C=O) groups excluding carboxylic acids is 1. The van der Waals surface area contributed by atoms with E-state index in [0.717, 1.165) is 47.0 Å². The van der Waals surface area contributed by atoms with Gasteiger partial charge in [-0.15, -0.1) is 0 Å². The molecule has 0 saturated heterocycles.